The molecule has 0 fully saturated rings. The molecule has 0 aromatic carbocycles. The Bertz CT molecular complexity index is 482. The predicted octanol–water partition coefficient (Wildman–Crippen LogP) is 1.74. The number of nitrogens with zero attached hydrogens (tertiary/aromatic N) is 3. The fraction of sp³-hybridized carbons (Fsp3) is 0.714. The normalized spacial score (nSPS) is 12.0. The van der Waals surface area contributed by atoms with Crippen LogP contribution in [0.25, 0.3) is 0 Å². The number of aryl methyl sites for hydroxylation is 2. The van der Waals surface area contributed by atoms with Gasteiger partial charge in [-0.05, 0) is 27.7 Å². The first-order valence-corrected chi connectivity index (χ1v) is 6.79. The lowest BCUT2D eigenvalue weighted by molar-refractivity contribution is 0.0268. The Morgan fingerprint density at radius 3 is 2.38 bits per heavy atom. The fourth-order valence-electron chi connectivity index (χ4n) is 1.83. The van der Waals surface area contributed by atoms with Crippen molar-refractivity contribution in [1.29, 1.82) is 0 Å². The van der Waals surface area contributed by atoms with Crippen molar-refractivity contribution in [3.63, 3.8) is 0 Å². The minimum atomic E-state index is -0.224. The van der Waals surface area contributed by atoms with E-state index in [2.05, 4.69) is 27.6 Å². The third-order valence-corrected chi connectivity index (χ3v) is 3.55. The number of guanidine groups is 1. The van der Waals surface area contributed by atoms with Crippen molar-refractivity contribution in [2.24, 2.45) is 12.0 Å². The molecule has 0 aliphatic carbocycles. The summed E-state index contributed by atoms with van der Waals surface area (Å²) in [6, 6.07) is 0. The smallest absolute Gasteiger partial charge is 0.191 e. The zero-order valence-electron chi connectivity index (χ0n) is 14.1. The molecule has 6 nitrogen and oxygen atoms in total. The molecule has 1 heterocycles. The number of hydrogen-bond acceptors (Lipinski definition) is 3. The first kappa shape index (κ1) is 20.2. The van der Waals surface area contributed by atoms with Crippen molar-refractivity contribution in [1.82, 2.24) is 20.4 Å². The van der Waals surface area contributed by atoms with Crippen LogP contribution in [0.5, 0.6) is 0 Å². The Hall–Kier alpha value is -0.830. The van der Waals surface area contributed by atoms with Crippen LogP contribution >= 0.6 is 24.0 Å². The molecule has 1 rings (SSSR count). The Morgan fingerprint density at radius 1 is 1.33 bits per heavy atom. The second-order valence-corrected chi connectivity index (χ2v) is 5.52. The van der Waals surface area contributed by atoms with Gasteiger partial charge in [0.15, 0.2) is 5.96 Å². The van der Waals surface area contributed by atoms with Gasteiger partial charge in [0.05, 0.1) is 11.3 Å². The first-order chi connectivity index (χ1) is 9.30. The van der Waals surface area contributed by atoms with E-state index in [0.29, 0.717) is 13.1 Å². The van der Waals surface area contributed by atoms with E-state index in [1.165, 1.54) is 11.3 Å². The van der Waals surface area contributed by atoms with Crippen LogP contribution < -0.4 is 10.6 Å². The largest absolute Gasteiger partial charge is 0.377 e. The molecule has 0 unspecified atom stereocenters. The Morgan fingerprint density at radius 2 is 1.95 bits per heavy atom. The van der Waals surface area contributed by atoms with Crippen LogP contribution in [0.15, 0.2) is 4.99 Å². The summed E-state index contributed by atoms with van der Waals surface area (Å²) in [6.45, 7) is 9.55. The molecule has 7 heteroatoms. The number of aliphatic imine (C=N–C) groups is 1. The molecule has 0 saturated heterocycles. The van der Waals surface area contributed by atoms with E-state index in [0.717, 1.165) is 11.7 Å². The second-order valence-electron chi connectivity index (χ2n) is 5.52. The van der Waals surface area contributed by atoms with Crippen molar-refractivity contribution in [2.45, 2.75) is 39.8 Å². The minimum absolute atomic E-state index is 0. The van der Waals surface area contributed by atoms with Crippen molar-refractivity contribution < 1.29 is 4.74 Å². The number of nitrogens with one attached hydrogen (secondary N) is 2. The van der Waals surface area contributed by atoms with Crippen LogP contribution in [0.1, 0.15) is 30.8 Å². The lowest BCUT2D eigenvalue weighted by Crippen LogP contribution is -2.45. The molecular weight excluding hydrogens is 381 g/mol. The molecule has 0 bridgehead atoms. The van der Waals surface area contributed by atoms with E-state index in [4.69, 9.17) is 4.74 Å². The Labute approximate surface area is 144 Å². The molecule has 1 aromatic heterocycles. The van der Waals surface area contributed by atoms with E-state index >= 15 is 0 Å². The van der Waals surface area contributed by atoms with E-state index < -0.39 is 0 Å². The molecule has 2 N–H and O–H groups in total. The quantitative estimate of drug-likeness (QED) is 0.442. The molecule has 0 amide bonds. The average molecular weight is 409 g/mol. The standard InChI is InChI=1S/C14H27N5O.HI/c1-10-12(11(2)19(6)18-10)8-16-13(15-5)17-9-14(3,4)20-7;/h8-9H2,1-7H3,(H2,15,16,17);1H. The predicted molar refractivity (Wildman–Crippen MR) is 97.4 cm³/mol. The van der Waals surface area contributed by atoms with Crippen LogP contribution in [0, 0.1) is 13.8 Å². The van der Waals surface area contributed by atoms with Crippen LogP contribution in [-0.4, -0.2) is 42.0 Å². The summed E-state index contributed by atoms with van der Waals surface area (Å²) in [5.41, 5.74) is 3.20. The van der Waals surface area contributed by atoms with Gasteiger partial charge in [-0.1, -0.05) is 0 Å². The van der Waals surface area contributed by atoms with E-state index in [-0.39, 0.29) is 29.6 Å². The Balaban J connectivity index is 0.00000400. The average Bonchev–Trinajstić information content (AvgIpc) is 2.64. The molecular formula is C14H28IN5O. The number of rotatable bonds is 5. The maximum Gasteiger partial charge on any atom is 0.191 e. The highest BCUT2D eigenvalue weighted by Gasteiger charge is 2.17. The summed E-state index contributed by atoms with van der Waals surface area (Å²) in [5, 5.41) is 11.0. The molecule has 0 radical (unpaired) electrons. The highest BCUT2D eigenvalue weighted by Crippen LogP contribution is 2.11. The lowest BCUT2D eigenvalue weighted by atomic mass is 10.1. The summed E-state index contributed by atoms with van der Waals surface area (Å²) in [6.07, 6.45) is 0. The van der Waals surface area contributed by atoms with Gasteiger partial charge in [-0.3, -0.25) is 9.67 Å². The third kappa shape index (κ3) is 5.82. The van der Waals surface area contributed by atoms with Crippen LogP contribution in [0.4, 0.5) is 0 Å². The van der Waals surface area contributed by atoms with E-state index in [1.54, 1.807) is 14.2 Å². The van der Waals surface area contributed by atoms with Crippen LogP contribution in [-0.2, 0) is 18.3 Å². The number of halogens is 1. The maximum atomic E-state index is 5.38. The summed E-state index contributed by atoms with van der Waals surface area (Å²) in [5.74, 6) is 0.762. The molecule has 0 aliphatic rings. The Kier molecular flexibility index (Phi) is 8.23. The van der Waals surface area contributed by atoms with Gasteiger partial charge in [0, 0.05) is 45.6 Å². The fourth-order valence-corrected chi connectivity index (χ4v) is 1.83. The zero-order valence-corrected chi connectivity index (χ0v) is 16.4. The van der Waals surface area contributed by atoms with Gasteiger partial charge < -0.3 is 15.4 Å². The highest BCUT2D eigenvalue weighted by atomic mass is 127. The molecule has 0 spiro atoms. The summed E-state index contributed by atoms with van der Waals surface area (Å²) in [4.78, 5) is 4.22. The molecule has 0 aliphatic heterocycles. The first-order valence-electron chi connectivity index (χ1n) is 6.79. The molecule has 122 valence electrons. The monoisotopic (exact) mass is 409 g/mol. The second kappa shape index (κ2) is 8.57. The number of aromatic nitrogens is 2. The van der Waals surface area contributed by atoms with E-state index in [9.17, 15) is 0 Å². The van der Waals surface area contributed by atoms with Crippen molar-refractivity contribution in [3.05, 3.63) is 17.0 Å². The van der Waals surface area contributed by atoms with Gasteiger partial charge in [-0.15, -0.1) is 24.0 Å². The minimum Gasteiger partial charge on any atom is -0.377 e. The number of ether oxygens (including phenoxy) is 1. The molecule has 0 atom stereocenters. The lowest BCUT2D eigenvalue weighted by Gasteiger charge is -2.24. The molecule has 1 aromatic rings. The molecule has 21 heavy (non-hydrogen) atoms. The topological polar surface area (TPSA) is 63.5 Å². The molecule has 0 saturated carbocycles. The summed E-state index contributed by atoms with van der Waals surface area (Å²) in [7, 11) is 5.43. The van der Waals surface area contributed by atoms with Gasteiger partial charge in [0.25, 0.3) is 0 Å². The van der Waals surface area contributed by atoms with Gasteiger partial charge in [0.1, 0.15) is 0 Å². The van der Waals surface area contributed by atoms with Crippen LogP contribution in [0.2, 0.25) is 0 Å². The zero-order chi connectivity index (χ0) is 15.3. The highest BCUT2D eigenvalue weighted by molar-refractivity contribution is 14.0. The van der Waals surface area contributed by atoms with E-state index in [1.807, 2.05) is 32.5 Å². The van der Waals surface area contributed by atoms with Crippen molar-refractivity contribution in [3.8, 4) is 0 Å². The van der Waals surface area contributed by atoms with Gasteiger partial charge in [-0.2, -0.15) is 5.10 Å². The van der Waals surface area contributed by atoms with Crippen molar-refractivity contribution in [2.75, 3.05) is 20.7 Å². The maximum absolute atomic E-state index is 5.38. The van der Waals surface area contributed by atoms with Crippen LogP contribution in [0.3, 0.4) is 0 Å². The van der Waals surface area contributed by atoms with Gasteiger partial charge >= 0.3 is 0 Å². The third-order valence-electron chi connectivity index (χ3n) is 3.55. The SMILES string of the molecule is CN=C(NCc1c(C)nn(C)c1C)NCC(C)(C)OC.I. The van der Waals surface area contributed by atoms with Gasteiger partial charge in [0.2, 0.25) is 0 Å². The number of methoxy groups -OCH3 is 1. The van der Waals surface area contributed by atoms with Crippen molar-refractivity contribution >= 4 is 29.9 Å². The summed E-state index contributed by atoms with van der Waals surface area (Å²) < 4.78 is 7.28. The summed E-state index contributed by atoms with van der Waals surface area (Å²) >= 11 is 0. The number of hydrogen-bond donors (Lipinski definition) is 2. The van der Waals surface area contributed by atoms with Gasteiger partial charge in [-0.25, -0.2) is 0 Å².